The number of nitrogens with zero attached hydrogens (tertiary/aromatic N) is 1. The molecule has 6 heteroatoms. The SMILES string of the molecule is CC(CN)(CO)c1cc(F)ccc1[N+](=O)[O-]. The van der Waals surface area contributed by atoms with Crippen LogP contribution in [-0.2, 0) is 5.41 Å². The molecule has 88 valence electrons. The number of aliphatic hydroxyl groups is 1. The van der Waals surface area contributed by atoms with Crippen LogP contribution in [0.15, 0.2) is 18.2 Å². The van der Waals surface area contributed by atoms with Gasteiger partial charge in [0.1, 0.15) is 5.82 Å². The first-order valence-electron chi connectivity index (χ1n) is 4.70. The van der Waals surface area contributed by atoms with Crippen molar-refractivity contribution >= 4 is 5.69 Å². The molecule has 0 saturated carbocycles. The third kappa shape index (κ3) is 2.17. The third-order valence-corrected chi connectivity index (χ3v) is 2.61. The van der Waals surface area contributed by atoms with Gasteiger partial charge in [0.25, 0.3) is 5.69 Å². The van der Waals surface area contributed by atoms with Gasteiger partial charge in [-0.25, -0.2) is 4.39 Å². The molecule has 0 amide bonds. The van der Waals surface area contributed by atoms with Crippen molar-refractivity contribution in [3.05, 3.63) is 39.7 Å². The molecule has 0 heterocycles. The summed E-state index contributed by atoms with van der Waals surface area (Å²) < 4.78 is 13.1. The maximum atomic E-state index is 13.1. The summed E-state index contributed by atoms with van der Waals surface area (Å²) in [6.45, 7) is 1.16. The van der Waals surface area contributed by atoms with Crippen LogP contribution in [0.2, 0.25) is 0 Å². The fourth-order valence-electron chi connectivity index (χ4n) is 1.41. The van der Waals surface area contributed by atoms with Gasteiger partial charge < -0.3 is 10.8 Å². The van der Waals surface area contributed by atoms with Gasteiger partial charge in [0.05, 0.1) is 11.5 Å². The Morgan fingerprint density at radius 2 is 2.25 bits per heavy atom. The second-order valence-corrected chi connectivity index (χ2v) is 3.84. The lowest BCUT2D eigenvalue weighted by Crippen LogP contribution is -2.36. The van der Waals surface area contributed by atoms with Gasteiger partial charge in [-0.15, -0.1) is 0 Å². The Hall–Kier alpha value is -1.53. The monoisotopic (exact) mass is 228 g/mol. The van der Waals surface area contributed by atoms with E-state index >= 15 is 0 Å². The van der Waals surface area contributed by atoms with Crippen LogP contribution in [0.5, 0.6) is 0 Å². The minimum absolute atomic E-state index is 0.00616. The summed E-state index contributed by atoms with van der Waals surface area (Å²) in [7, 11) is 0. The van der Waals surface area contributed by atoms with E-state index in [0.717, 1.165) is 18.2 Å². The summed E-state index contributed by atoms with van der Waals surface area (Å²) in [6.07, 6.45) is 0. The molecule has 0 saturated heterocycles. The first-order valence-corrected chi connectivity index (χ1v) is 4.70. The molecule has 0 aliphatic rings. The molecular weight excluding hydrogens is 215 g/mol. The maximum absolute atomic E-state index is 13.1. The number of benzene rings is 1. The number of nitrogens with two attached hydrogens (primary N) is 1. The molecule has 0 fully saturated rings. The molecule has 3 N–H and O–H groups in total. The smallest absolute Gasteiger partial charge is 0.273 e. The fourth-order valence-corrected chi connectivity index (χ4v) is 1.41. The van der Waals surface area contributed by atoms with E-state index in [0.29, 0.717) is 0 Å². The zero-order valence-corrected chi connectivity index (χ0v) is 8.81. The zero-order chi connectivity index (χ0) is 12.3. The molecule has 1 atom stereocenters. The highest BCUT2D eigenvalue weighted by atomic mass is 19.1. The zero-order valence-electron chi connectivity index (χ0n) is 8.81. The topological polar surface area (TPSA) is 89.4 Å². The minimum Gasteiger partial charge on any atom is -0.395 e. The van der Waals surface area contributed by atoms with E-state index in [2.05, 4.69) is 0 Å². The molecular formula is C10H13FN2O3. The lowest BCUT2D eigenvalue weighted by molar-refractivity contribution is -0.386. The van der Waals surface area contributed by atoms with Gasteiger partial charge in [-0.05, 0) is 12.1 Å². The van der Waals surface area contributed by atoms with E-state index in [1.54, 1.807) is 6.92 Å². The van der Waals surface area contributed by atoms with E-state index in [1.165, 1.54) is 0 Å². The molecule has 1 aromatic rings. The summed E-state index contributed by atoms with van der Waals surface area (Å²) >= 11 is 0. The molecule has 5 nitrogen and oxygen atoms in total. The van der Waals surface area contributed by atoms with Crippen molar-refractivity contribution < 1.29 is 14.4 Å². The van der Waals surface area contributed by atoms with Crippen molar-refractivity contribution in [1.29, 1.82) is 0 Å². The Bertz CT molecular complexity index is 405. The van der Waals surface area contributed by atoms with Gasteiger partial charge in [-0.1, -0.05) is 6.92 Å². The van der Waals surface area contributed by atoms with E-state index in [1.807, 2.05) is 0 Å². The summed E-state index contributed by atoms with van der Waals surface area (Å²) in [5.41, 5.74) is 4.33. The van der Waals surface area contributed by atoms with Crippen molar-refractivity contribution in [2.75, 3.05) is 13.2 Å². The highest BCUT2D eigenvalue weighted by molar-refractivity contribution is 5.45. The van der Waals surface area contributed by atoms with Crippen molar-refractivity contribution in [2.45, 2.75) is 12.3 Å². The predicted octanol–water partition coefficient (Wildman–Crippen LogP) is 0.943. The summed E-state index contributed by atoms with van der Waals surface area (Å²) in [5, 5.41) is 20.0. The lowest BCUT2D eigenvalue weighted by Gasteiger charge is -2.25. The van der Waals surface area contributed by atoms with Crippen LogP contribution in [0.3, 0.4) is 0 Å². The number of halogens is 1. The Morgan fingerprint density at radius 3 is 2.69 bits per heavy atom. The van der Waals surface area contributed by atoms with Crippen LogP contribution in [0.25, 0.3) is 0 Å². The van der Waals surface area contributed by atoms with Crippen molar-refractivity contribution in [3.63, 3.8) is 0 Å². The van der Waals surface area contributed by atoms with E-state index < -0.39 is 16.2 Å². The Morgan fingerprint density at radius 1 is 1.62 bits per heavy atom. The van der Waals surface area contributed by atoms with Gasteiger partial charge in [-0.2, -0.15) is 0 Å². The van der Waals surface area contributed by atoms with Crippen LogP contribution in [-0.4, -0.2) is 23.2 Å². The molecule has 0 spiro atoms. The molecule has 16 heavy (non-hydrogen) atoms. The average Bonchev–Trinajstić information content (AvgIpc) is 2.27. The van der Waals surface area contributed by atoms with Crippen LogP contribution in [0, 0.1) is 15.9 Å². The van der Waals surface area contributed by atoms with Crippen molar-refractivity contribution in [3.8, 4) is 0 Å². The van der Waals surface area contributed by atoms with Gasteiger partial charge >= 0.3 is 0 Å². The predicted molar refractivity (Wildman–Crippen MR) is 56.5 cm³/mol. The summed E-state index contributed by atoms with van der Waals surface area (Å²) in [6, 6.07) is 3.13. The molecule has 0 aromatic heterocycles. The summed E-state index contributed by atoms with van der Waals surface area (Å²) in [5.74, 6) is -0.589. The first kappa shape index (κ1) is 12.5. The van der Waals surface area contributed by atoms with Crippen LogP contribution in [0.4, 0.5) is 10.1 Å². The second kappa shape index (κ2) is 4.54. The molecule has 0 aliphatic carbocycles. The number of nitro groups is 1. The normalized spacial score (nSPS) is 14.5. The summed E-state index contributed by atoms with van der Waals surface area (Å²) in [4.78, 5) is 10.2. The standard InChI is InChI=1S/C10H13FN2O3/c1-10(5-12,6-14)8-4-7(11)2-3-9(8)13(15)16/h2-4,14H,5-6,12H2,1H3. The molecule has 1 rings (SSSR count). The van der Waals surface area contributed by atoms with E-state index in [-0.39, 0.29) is 24.4 Å². The molecule has 1 unspecified atom stereocenters. The van der Waals surface area contributed by atoms with Crippen LogP contribution >= 0.6 is 0 Å². The van der Waals surface area contributed by atoms with Gasteiger partial charge in [-0.3, -0.25) is 10.1 Å². The Balaban J connectivity index is 3.40. The van der Waals surface area contributed by atoms with Crippen molar-refractivity contribution in [2.24, 2.45) is 5.73 Å². The van der Waals surface area contributed by atoms with E-state index in [9.17, 15) is 19.6 Å². The van der Waals surface area contributed by atoms with Crippen LogP contribution < -0.4 is 5.73 Å². The highest BCUT2D eigenvalue weighted by Gasteiger charge is 2.32. The number of hydrogen-bond donors (Lipinski definition) is 2. The second-order valence-electron chi connectivity index (χ2n) is 3.84. The molecule has 1 aromatic carbocycles. The van der Waals surface area contributed by atoms with Crippen molar-refractivity contribution in [1.82, 2.24) is 0 Å². The highest BCUT2D eigenvalue weighted by Crippen LogP contribution is 2.31. The average molecular weight is 228 g/mol. The number of hydrogen-bond acceptors (Lipinski definition) is 4. The van der Waals surface area contributed by atoms with Crippen LogP contribution in [0.1, 0.15) is 12.5 Å². The fraction of sp³-hybridized carbons (Fsp3) is 0.400. The molecule has 0 bridgehead atoms. The Labute approximate surface area is 91.8 Å². The largest absolute Gasteiger partial charge is 0.395 e. The number of aliphatic hydroxyl groups excluding tert-OH is 1. The Kier molecular flexibility index (Phi) is 3.56. The van der Waals surface area contributed by atoms with Gasteiger partial charge in [0, 0.05) is 23.6 Å². The maximum Gasteiger partial charge on any atom is 0.273 e. The van der Waals surface area contributed by atoms with Gasteiger partial charge in [0.15, 0.2) is 0 Å². The van der Waals surface area contributed by atoms with Gasteiger partial charge in [0.2, 0.25) is 0 Å². The first-order chi connectivity index (χ1) is 7.44. The minimum atomic E-state index is -1.01. The lowest BCUT2D eigenvalue weighted by atomic mass is 9.82. The molecule has 0 aliphatic heterocycles. The number of nitro benzene ring substituents is 1. The van der Waals surface area contributed by atoms with E-state index in [4.69, 9.17) is 5.73 Å². The number of rotatable bonds is 4. The quantitative estimate of drug-likeness (QED) is 0.593. The molecule has 0 radical (unpaired) electrons. The third-order valence-electron chi connectivity index (χ3n) is 2.61.